The van der Waals surface area contributed by atoms with E-state index in [-0.39, 0.29) is 30.1 Å². The molecule has 0 saturated heterocycles. The second-order valence-electron chi connectivity index (χ2n) is 6.38. The molecule has 2 aromatic rings. The predicted octanol–water partition coefficient (Wildman–Crippen LogP) is 4.55. The van der Waals surface area contributed by atoms with Gasteiger partial charge in [-0.05, 0) is 36.8 Å². The Morgan fingerprint density at radius 3 is 2.50 bits per heavy atom. The second-order valence-corrected chi connectivity index (χ2v) is 8.69. The average Bonchev–Trinajstić information content (AvgIpc) is 2.65. The van der Waals surface area contributed by atoms with Gasteiger partial charge < -0.3 is 10.1 Å². The summed E-state index contributed by atoms with van der Waals surface area (Å²) in [5.74, 6) is -0.117. The average molecular weight is 465 g/mol. The number of amides is 1. The van der Waals surface area contributed by atoms with E-state index in [0.29, 0.717) is 11.4 Å². The van der Waals surface area contributed by atoms with Gasteiger partial charge in [0, 0.05) is 19.0 Å². The first-order valence-electron chi connectivity index (χ1n) is 8.70. The number of hydrogen-bond acceptors (Lipinski definition) is 4. The maximum atomic E-state index is 12.8. The minimum Gasteiger partial charge on any atom is -0.497 e. The molecule has 0 saturated carbocycles. The number of carbonyl (C=O) groups excluding carboxylic acids is 1. The van der Waals surface area contributed by atoms with Gasteiger partial charge in [0.25, 0.3) is 0 Å². The van der Waals surface area contributed by atoms with Crippen LogP contribution in [-0.4, -0.2) is 34.2 Å². The molecule has 30 heavy (non-hydrogen) atoms. The molecule has 0 aromatic heterocycles. The zero-order valence-electron chi connectivity index (χ0n) is 16.2. The lowest BCUT2D eigenvalue weighted by Crippen LogP contribution is -2.31. The molecule has 1 N–H and O–H groups in total. The molecule has 6 nitrogen and oxygen atoms in total. The van der Waals surface area contributed by atoms with Gasteiger partial charge in [0.05, 0.1) is 35.3 Å². The first-order chi connectivity index (χ1) is 13.9. The molecule has 0 aliphatic rings. The molecule has 0 aliphatic carbocycles. The van der Waals surface area contributed by atoms with E-state index in [4.69, 9.17) is 16.3 Å². The van der Waals surface area contributed by atoms with Crippen molar-refractivity contribution in [2.24, 2.45) is 0 Å². The van der Waals surface area contributed by atoms with E-state index in [9.17, 15) is 26.4 Å². The molecule has 0 unspecified atom stereocenters. The largest absolute Gasteiger partial charge is 0.497 e. The van der Waals surface area contributed by atoms with Crippen molar-refractivity contribution in [3.05, 3.63) is 53.1 Å². The zero-order chi connectivity index (χ0) is 22.5. The Bertz CT molecular complexity index is 1010. The Kier molecular flexibility index (Phi) is 7.59. The van der Waals surface area contributed by atoms with Crippen molar-refractivity contribution >= 4 is 38.9 Å². The number of hydrogen-bond donors (Lipinski definition) is 1. The van der Waals surface area contributed by atoms with Gasteiger partial charge in [0.2, 0.25) is 15.9 Å². The monoisotopic (exact) mass is 464 g/mol. The summed E-state index contributed by atoms with van der Waals surface area (Å²) in [6.07, 6.45) is -3.53. The van der Waals surface area contributed by atoms with E-state index in [0.717, 1.165) is 28.8 Å². The van der Waals surface area contributed by atoms with Crippen LogP contribution in [0.4, 0.5) is 24.5 Å². The highest BCUT2D eigenvalue weighted by atomic mass is 35.5. The smallest absolute Gasteiger partial charge is 0.416 e. The number of halogens is 4. The highest BCUT2D eigenvalue weighted by Crippen LogP contribution is 2.34. The van der Waals surface area contributed by atoms with Gasteiger partial charge in [-0.1, -0.05) is 17.7 Å². The molecule has 2 aromatic carbocycles. The van der Waals surface area contributed by atoms with E-state index in [1.807, 2.05) is 0 Å². The number of ether oxygens (including phenoxy) is 1. The van der Waals surface area contributed by atoms with E-state index in [1.165, 1.54) is 7.11 Å². The molecule has 0 fully saturated rings. The lowest BCUT2D eigenvalue weighted by atomic mass is 10.2. The Labute approximate surface area is 177 Å². The first kappa shape index (κ1) is 23.8. The van der Waals surface area contributed by atoms with Crippen LogP contribution in [0.15, 0.2) is 42.5 Å². The summed E-state index contributed by atoms with van der Waals surface area (Å²) in [4.78, 5) is 12.2. The maximum absolute atomic E-state index is 12.8. The standard InChI is InChI=1S/C19H20ClF3N2O4S/c1-29-15-6-3-5-14(12-15)25(30(2,27)28)10-4-7-18(26)24-17-11-13(19(21,22)23)8-9-16(17)20/h3,5-6,8-9,11-12H,4,7,10H2,1-2H3,(H,24,26). The van der Waals surface area contributed by atoms with Crippen molar-refractivity contribution in [3.63, 3.8) is 0 Å². The van der Waals surface area contributed by atoms with Crippen LogP contribution in [-0.2, 0) is 21.0 Å². The molecule has 0 heterocycles. The fourth-order valence-corrected chi connectivity index (χ4v) is 3.77. The maximum Gasteiger partial charge on any atom is 0.416 e. The summed E-state index contributed by atoms with van der Waals surface area (Å²) in [6.45, 7) is -0.00422. The third kappa shape index (κ3) is 6.53. The fraction of sp³-hybridized carbons (Fsp3) is 0.316. The number of nitrogens with zero attached hydrogens (tertiary/aromatic N) is 1. The second kappa shape index (κ2) is 9.57. The van der Waals surface area contributed by atoms with Gasteiger partial charge in [0.15, 0.2) is 0 Å². The highest BCUT2D eigenvalue weighted by molar-refractivity contribution is 7.92. The molecule has 11 heteroatoms. The molecule has 0 spiro atoms. The number of nitrogens with one attached hydrogen (secondary N) is 1. The van der Waals surface area contributed by atoms with Crippen LogP contribution in [0.25, 0.3) is 0 Å². The van der Waals surface area contributed by atoms with E-state index < -0.39 is 27.7 Å². The number of benzene rings is 2. The summed E-state index contributed by atoms with van der Waals surface area (Å²) >= 11 is 5.86. The number of sulfonamides is 1. The van der Waals surface area contributed by atoms with Gasteiger partial charge in [-0.25, -0.2) is 8.42 Å². The fourth-order valence-electron chi connectivity index (χ4n) is 2.65. The van der Waals surface area contributed by atoms with E-state index >= 15 is 0 Å². The lowest BCUT2D eigenvalue weighted by Gasteiger charge is -2.22. The van der Waals surface area contributed by atoms with E-state index in [2.05, 4.69) is 5.32 Å². The van der Waals surface area contributed by atoms with Crippen LogP contribution in [0.3, 0.4) is 0 Å². The molecule has 2 rings (SSSR count). The number of anilines is 2. The summed E-state index contributed by atoms with van der Waals surface area (Å²) < 4.78 is 69.0. The molecular formula is C19H20ClF3N2O4S. The minimum absolute atomic E-state index is 0.00422. The van der Waals surface area contributed by atoms with Crippen molar-refractivity contribution in [3.8, 4) is 5.75 Å². The Hall–Kier alpha value is -2.46. The van der Waals surface area contributed by atoms with Crippen molar-refractivity contribution < 1.29 is 31.1 Å². The third-order valence-electron chi connectivity index (χ3n) is 4.07. The topological polar surface area (TPSA) is 75.7 Å². The van der Waals surface area contributed by atoms with Crippen molar-refractivity contribution in [1.82, 2.24) is 0 Å². The quantitative estimate of drug-likeness (QED) is 0.621. The molecule has 0 atom stereocenters. The zero-order valence-corrected chi connectivity index (χ0v) is 17.7. The van der Waals surface area contributed by atoms with Gasteiger partial charge in [-0.3, -0.25) is 9.10 Å². The van der Waals surface area contributed by atoms with Gasteiger partial charge in [-0.2, -0.15) is 13.2 Å². The lowest BCUT2D eigenvalue weighted by molar-refractivity contribution is -0.137. The number of methoxy groups -OCH3 is 1. The third-order valence-corrected chi connectivity index (χ3v) is 5.60. The van der Waals surface area contributed by atoms with E-state index in [1.54, 1.807) is 24.3 Å². The Morgan fingerprint density at radius 2 is 1.90 bits per heavy atom. The minimum atomic E-state index is -4.57. The van der Waals surface area contributed by atoms with Gasteiger partial charge >= 0.3 is 6.18 Å². The summed E-state index contributed by atoms with van der Waals surface area (Å²) in [5.41, 5.74) is -0.731. The molecular weight excluding hydrogens is 445 g/mol. The van der Waals surface area contributed by atoms with Crippen molar-refractivity contribution in [2.75, 3.05) is 29.5 Å². The van der Waals surface area contributed by atoms with Gasteiger partial charge in [0.1, 0.15) is 5.75 Å². The number of alkyl halides is 3. The Balaban J connectivity index is 2.05. The number of rotatable bonds is 8. The predicted molar refractivity (Wildman–Crippen MR) is 110 cm³/mol. The first-order valence-corrected chi connectivity index (χ1v) is 10.9. The normalized spacial score (nSPS) is 11.8. The van der Waals surface area contributed by atoms with Crippen LogP contribution in [0, 0.1) is 0 Å². The van der Waals surface area contributed by atoms with Crippen molar-refractivity contribution in [1.29, 1.82) is 0 Å². The SMILES string of the molecule is COc1cccc(N(CCCC(=O)Nc2cc(C(F)(F)F)ccc2Cl)S(C)(=O)=O)c1. The van der Waals surface area contributed by atoms with Crippen LogP contribution in [0.1, 0.15) is 18.4 Å². The van der Waals surface area contributed by atoms with Crippen LogP contribution >= 0.6 is 11.6 Å². The molecule has 1 amide bonds. The highest BCUT2D eigenvalue weighted by Gasteiger charge is 2.31. The Morgan fingerprint density at radius 1 is 1.20 bits per heavy atom. The molecule has 0 aliphatic heterocycles. The van der Waals surface area contributed by atoms with Crippen LogP contribution in [0.2, 0.25) is 5.02 Å². The number of carbonyl (C=O) groups is 1. The molecule has 0 bridgehead atoms. The van der Waals surface area contributed by atoms with Gasteiger partial charge in [-0.15, -0.1) is 0 Å². The van der Waals surface area contributed by atoms with Crippen LogP contribution < -0.4 is 14.4 Å². The van der Waals surface area contributed by atoms with Crippen molar-refractivity contribution in [2.45, 2.75) is 19.0 Å². The molecule has 164 valence electrons. The molecule has 0 radical (unpaired) electrons. The summed E-state index contributed by atoms with van der Waals surface area (Å²) in [5, 5.41) is 2.30. The summed E-state index contributed by atoms with van der Waals surface area (Å²) in [7, 11) is -2.18. The summed E-state index contributed by atoms with van der Waals surface area (Å²) in [6, 6.07) is 9.05. The van der Waals surface area contributed by atoms with Crippen LogP contribution in [0.5, 0.6) is 5.75 Å².